The van der Waals surface area contributed by atoms with Gasteiger partial charge in [-0.1, -0.05) is 23.7 Å². The first kappa shape index (κ1) is 14.4. The van der Waals surface area contributed by atoms with Crippen LogP contribution in [0.15, 0.2) is 42.5 Å². The maximum Gasteiger partial charge on any atom is 0.193 e. The maximum atomic E-state index is 12.4. The van der Waals surface area contributed by atoms with Crippen LogP contribution in [0.3, 0.4) is 0 Å². The molecule has 0 aliphatic heterocycles. The van der Waals surface area contributed by atoms with Gasteiger partial charge >= 0.3 is 0 Å². The quantitative estimate of drug-likeness (QED) is 0.685. The Morgan fingerprint density at radius 1 is 1.15 bits per heavy atom. The Kier molecular flexibility index (Phi) is 4.30. The average molecular weight is 290 g/mol. The highest BCUT2D eigenvalue weighted by atomic mass is 35.5. The zero-order valence-electron chi connectivity index (χ0n) is 11.4. The summed E-state index contributed by atoms with van der Waals surface area (Å²) in [7, 11) is 0. The van der Waals surface area contributed by atoms with Crippen molar-refractivity contribution in [1.82, 2.24) is 0 Å². The molecule has 0 aliphatic rings. The number of carbonyl (C=O) groups is 1. The number of nitrogens with two attached hydrogens (primary N) is 1. The van der Waals surface area contributed by atoms with Gasteiger partial charge in [-0.25, -0.2) is 0 Å². The van der Waals surface area contributed by atoms with Gasteiger partial charge in [0.25, 0.3) is 0 Å². The van der Waals surface area contributed by atoms with Crippen LogP contribution in [-0.4, -0.2) is 11.9 Å². The number of ether oxygens (including phenoxy) is 1. The van der Waals surface area contributed by atoms with Gasteiger partial charge in [0.05, 0.1) is 16.8 Å². The molecule has 0 aromatic heterocycles. The molecular formula is C16H16ClNO2. The van der Waals surface area contributed by atoms with Gasteiger partial charge in [0.2, 0.25) is 0 Å². The lowest BCUT2D eigenvalue weighted by atomic mass is 10.0. The molecule has 3 nitrogen and oxygen atoms in total. The molecule has 0 bridgehead atoms. The second-order valence-electron chi connectivity index (χ2n) is 4.76. The average Bonchev–Trinajstić information content (AvgIpc) is 2.40. The van der Waals surface area contributed by atoms with Gasteiger partial charge in [-0.3, -0.25) is 4.79 Å². The molecule has 4 heteroatoms. The summed E-state index contributed by atoms with van der Waals surface area (Å²) in [6.07, 6.45) is 0.0616. The second kappa shape index (κ2) is 5.97. The predicted octanol–water partition coefficient (Wildman–Crippen LogP) is 3.94. The summed E-state index contributed by atoms with van der Waals surface area (Å²) in [6, 6.07) is 12.0. The van der Waals surface area contributed by atoms with Crippen molar-refractivity contribution in [2.75, 3.05) is 5.73 Å². The normalized spacial score (nSPS) is 10.6. The fraction of sp³-hybridized carbons (Fsp3) is 0.188. The summed E-state index contributed by atoms with van der Waals surface area (Å²) >= 11 is 5.86. The van der Waals surface area contributed by atoms with E-state index in [-0.39, 0.29) is 11.9 Å². The Bertz CT molecular complexity index is 638. The van der Waals surface area contributed by atoms with E-state index in [1.807, 2.05) is 19.9 Å². The SMILES string of the molecule is CC(C)Oc1cccc(C(=O)c2ccc(Cl)c(N)c2)c1. The first-order valence-corrected chi connectivity index (χ1v) is 6.71. The fourth-order valence-corrected chi connectivity index (χ4v) is 1.95. The Balaban J connectivity index is 2.30. The van der Waals surface area contributed by atoms with E-state index in [1.54, 1.807) is 36.4 Å². The van der Waals surface area contributed by atoms with E-state index < -0.39 is 0 Å². The van der Waals surface area contributed by atoms with E-state index in [9.17, 15) is 4.79 Å². The highest BCUT2D eigenvalue weighted by molar-refractivity contribution is 6.33. The van der Waals surface area contributed by atoms with E-state index in [1.165, 1.54) is 0 Å². The molecule has 2 aromatic rings. The van der Waals surface area contributed by atoms with Crippen molar-refractivity contribution in [2.45, 2.75) is 20.0 Å². The molecule has 0 radical (unpaired) electrons. The molecule has 2 rings (SSSR count). The minimum absolute atomic E-state index is 0.0616. The summed E-state index contributed by atoms with van der Waals surface area (Å²) in [5.74, 6) is 0.565. The first-order chi connectivity index (χ1) is 9.47. The van der Waals surface area contributed by atoms with Crippen molar-refractivity contribution < 1.29 is 9.53 Å². The van der Waals surface area contributed by atoms with Crippen LogP contribution in [0.5, 0.6) is 5.75 Å². The first-order valence-electron chi connectivity index (χ1n) is 6.34. The van der Waals surface area contributed by atoms with E-state index in [0.29, 0.717) is 27.6 Å². The van der Waals surface area contributed by atoms with Gasteiger partial charge in [-0.2, -0.15) is 0 Å². The van der Waals surface area contributed by atoms with E-state index in [2.05, 4.69) is 0 Å². The number of ketones is 1. The molecule has 0 heterocycles. The van der Waals surface area contributed by atoms with Crippen molar-refractivity contribution in [1.29, 1.82) is 0 Å². The molecule has 0 saturated carbocycles. The predicted molar refractivity (Wildman–Crippen MR) is 81.5 cm³/mol. The van der Waals surface area contributed by atoms with Crippen molar-refractivity contribution in [3.05, 3.63) is 58.6 Å². The molecule has 0 unspecified atom stereocenters. The Morgan fingerprint density at radius 3 is 2.50 bits per heavy atom. The van der Waals surface area contributed by atoms with E-state index in [0.717, 1.165) is 0 Å². The zero-order chi connectivity index (χ0) is 14.7. The second-order valence-corrected chi connectivity index (χ2v) is 5.17. The van der Waals surface area contributed by atoms with Crippen LogP contribution in [0.2, 0.25) is 5.02 Å². The largest absolute Gasteiger partial charge is 0.491 e. The summed E-state index contributed by atoms with van der Waals surface area (Å²) in [4.78, 5) is 12.4. The lowest BCUT2D eigenvalue weighted by Gasteiger charge is -2.10. The summed E-state index contributed by atoms with van der Waals surface area (Å²) in [5.41, 5.74) is 7.19. The molecule has 0 saturated heterocycles. The number of hydrogen-bond donors (Lipinski definition) is 1. The maximum absolute atomic E-state index is 12.4. The number of rotatable bonds is 4. The van der Waals surface area contributed by atoms with Crippen LogP contribution in [-0.2, 0) is 0 Å². The van der Waals surface area contributed by atoms with Gasteiger partial charge in [0.15, 0.2) is 5.78 Å². The number of benzene rings is 2. The molecule has 104 valence electrons. The van der Waals surface area contributed by atoms with Crippen LogP contribution in [0.1, 0.15) is 29.8 Å². The van der Waals surface area contributed by atoms with Crippen LogP contribution in [0.25, 0.3) is 0 Å². The molecule has 0 atom stereocenters. The van der Waals surface area contributed by atoms with Crippen molar-refractivity contribution in [2.24, 2.45) is 0 Å². The third kappa shape index (κ3) is 3.31. The molecule has 0 fully saturated rings. The highest BCUT2D eigenvalue weighted by Gasteiger charge is 2.11. The van der Waals surface area contributed by atoms with Crippen LogP contribution in [0.4, 0.5) is 5.69 Å². The zero-order valence-corrected chi connectivity index (χ0v) is 12.1. The fourth-order valence-electron chi connectivity index (χ4n) is 1.83. The Morgan fingerprint density at radius 2 is 1.85 bits per heavy atom. The number of carbonyl (C=O) groups excluding carboxylic acids is 1. The molecule has 0 aliphatic carbocycles. The standard InChI is InChI=1S/C16H16ClNO2/c1-10(2)20-13-5-3-4-11(8-13)16(19)12-6-7-14(17)15(18)9-12/h3-10H,18H2,1-2H3. The van der Waals surface area contributed by atoms with Gasteiger partial charge in [0.1, 0.15) is 5.75 Å². The lowest BCUT2D eigenvalue weighted by molar-refractivity contribution is 0.103. The number of hydrogen-bond acceptors (Lipinski definition) is 3. The smallest absolute Gasteiger partial charge is 0.193 e. The molecule has 0 amide bonds. The van der Waals surface area contributed by atoms with Crippen molar-refractivity contribution in [3.8, 4) is 5.75 Å². The van der Waals surface area contributed by atoms with Gasteiger partial charge in [-0.15, -0.1) is 0 Å². The summed E-state index contributed by atoms with van der Waals surface area (Å²) in [6.45, 7) is 3.88. The van der Waals surface area contributed by atoms with Crippen LogP contribution in [0, 0.1) is 0 Å². The molecule has 20 heavy (non-hydrogen) atoms. The summed E-state index contributed by atoms with van der Waals surface area (Å²) in [5, 5.41) is 0.443. The van der Waals surface area contributed by atoms with E-state index in [4.69, 9.17) is 22.1 Å². The van der Waals surface area contributed by atoms with Gasteiger partial charge < -0.3 is 10.5 Å². The van der Waals surface area contributed by atoms with Gasteiger partial charge in [0, 0.05) is 11.1 Å². The topological polar surface area (TPSA) is 52.3 Å². The minimum Gasteiger partial charge on any atom is -0.491 e. The minimum atomic E-state index is -0.109. The number of halogens is 1. The van der Waals surface area contributed by atoms with E-state index >= 15 is 0 Å². The van der Waals surface area contributed by atoms with Crippen molar-refractivity contribution >= 4 is 23.1 Å². The molecule has 2 N–H and O–H groups in total. The molecular weight excluding hydrogens is 274 g/mol. The van der Waals surface area contributed by atoms with Crippen LogP contribution < -0.4 is 10.5 Å². The molecule has 0 spiro atoms. The summed E-state index contributed by atoms with van der Waals surface area (Å²) < 4.78 is 5.59. The Hall–Kier alpha value is -2.00. The Labute approximate surface area is 123 Å². The van der Waals surface area contributed by atoms with Crippen molar-refractivity contribution in [3.63, 3.8) is 0 Å². The monoisotopic (exact) mass is 289 g/mol. The molecule has 2 aromatic carbocycles. The van der Waals surface area contributed by atoms with Crippen LogP contribution >= 0.6 is 11.6 Å². The third-order valence-electron chi connectivity index (χ3n) is 2.73. The lowest BCUT2D eigenvalue weighted by Crippen LogP contribution is -2.07. The number of anilines is 1. The number of nitrogen functional groups attached to an aromatic ring is 1. The highest BCUT2D eigenvalue weighted by Crippen LogP contribution is 2.23. The van der Waals surface area contributed by atoms with Gasteiger partial charge in [-0.05, 0) is 44.2 Å². The third-order valence-corrected chi connectivity index (χ3v) is 3.07.